The average Bonchev–Trinajstić information content (AvgIpc) is 2.54. The number of nitrogens with one attached hydrogen (secondary N) is 3. The molecule has 0 saturated heterocycles. The van der Waals surface area contributed by atoms with Crippen molar-refractivity contribution in [2.24, 2.45) is 0 Å². The molecule has 78 valence electrons. The molecule has 0 unspecified atom stereocenters. The quantitative estimate of drug-likeness (QED) is 0.464. The lowest BCUT2D eigenvalue weighted by Gasteiger charge is -2.13. The van der Waals surface area contributed by atoms with E-state index in [1.54, 1.807) is 6.20 Å². The van der Waals surface area contributed by atoms with Crippen LogP contribution in [0.15, 0.2) is 11.9 Å². The summed E-state index contributed by atoms with van der Waals surface area (Å²) < 4.78 is 0. The van der Waals surface area contributed by atoms with E-state index in [1.807, 2.05) is 0 Å². The standard InChI is InChI=1S/C8H13N3O3/c1-5(12)11-7(8(13)14)2-6-3-9-4-10-6/h3,7,9-10H,2,4H2,1H3,(H,11,12)(H,13,14)/t7-/m0/s1. The molecule has 1 atom stereocenters. The van der Waals surface area contributed by atoms with Gasteiger partial charge in [-0.3, -0.25) is 4.79 Å². The number of carboxylic acids is 1. The number of rotatable bonds is 4. The summed E-state index contributed by atoms with van der Waals surface area (Å²) in [5.74, 6) is -1.38. The van der Waals surface area contributed by atoms with Crippen molar-refractivity contribution in [3.05, 3.63) is 11.9 Å². The van der Waals surface area contributed by atoms with Crippen LogP contribution in [-0.4, -0.2) is 29.7 Å². The second-order valence-corrected chi connectivity index (χ2v) is 3.02. The van der Waals surface area contributed by atoms with Gasteiger partial charge in [-0.15, -0.1) is 0 Å². The molecule has 1 aliphatic heterocycles. The lowest BCUT2D eigenvalue weighted by molar-refractivity contribution is -0.141. The van der Waals surface area contributed by atoms with Crippen LogP contribution in [0.3, 0.4) is 0 Å². The highest BCUT2D eigenvalue weighted by atomic mass is 16.4. The lowest BCUT2D eigenvalue weighted by Crippen LogP contribution is -2.40. The van der Waals surface area contributed by atoms with Crippen LogP contribution in [-0.2, 0) is 9.59 Å². The maximum atomic E-state index is 10.7. The van der Waals surface area contributed by atoms with Crippen LogP contribution >= 0.6 is 0 Å². The summed E-state index contributed by atoms with van der Waals surface area (Å²) in [6.45, 7) is 1.90. The second kappa shape index (κ2) is 4.50. The van der Waals surface area contributed by atoms with E-state index < -0.39 is 12.0 Å². The number of carboxylic acid groups (broad SMARTS) is 1. The normalized spacial score (nSPS) is 16.2. The largest absolute Gasteiger partial charge is 0.480 e. The zero-order valence-electron chi connectivity index (χ0n) is 7.83. The highest BCUT2D eigenvalue weighted by molar-refractivity contribution is 5.82. The molecule has 0 aromatic heterocycles. The summed E-state index contributed by atoms with van der Waals surface area (Å²) >= 11 is 0. The van der Waals surface area contributed by atoms with E-state index in [4.69, 9.17) is 5.11 Å². The number of hydrogen-bond donors (Lipinski definition) is 4. The minimum absolute atomic E-state index is 0.266. The van der Waals surface area contributed by atoms with Gasteiger partial charge in [0.25, 0.3) is 0 Å². The Kier molecular flexibility index (Phi) is 3.33. The Morgan fingerprint density at radius 1 is 1.71 bits per heavy atom. The molecule has 6 heteroatoms. The Labute approximate surface area is 81.4 Å². The Hall–Kier alpha value is -1.72. The zero-order valence-corrected chi connectivity index (χ0v) is 7.83. The monoisotopic (exact) mass is 199 g/mol. The molecular formula is C8H13N3O3. The molecule has 0 radical (unpaired) electrons. The first-order valence-corrected chi connectivity index (χ1v) is 4.26. The molecule has 4 N–H and O–H groups in total. The highest BCUT2D eigenvalue weighted by Gasteiger charge is 2.20. The molecule has 0 saturated carbocycles. The molecule has 14 heavy (non-hydrogen) atoms. The van der Waals surface area contributed by atoms with Gasteiger partial charge in [-0.05, 0) is 0 Å². The molecule has 0 bridgehead atoms. The molecule has 1 aliphatic rings. The number of carbonyl (C=O) groups is 2. The van der Waals surface area contributed by atoms with Crippen molar-refractivity contribution >= 4 is 11.9 Å². The van der Waals surface area contributed by atoms with Gasteiger partial charge in [-0.2, -0.15) is 0 Å². The fourth-order valence-corrected chi connectivity index (χ4v) is 1.19. The van der Waals surface area contributed by atoms with Gasteiger partial charge in [0.15, 0.2) is 0 Å². The molecule has 0 aromatic rings. The van der Waals surface area contributed by atoms with Crippen molar-refractivity contribution in [3.8, 4) is 0 Å². The summed E-state index contributed by atoms with van der Waals surface area (Å²) in [5, 5.41) is 17.0. The summed E-state index contributed by atoms with van der Waals surface area (Å²) in [6, 6.07) is -0.869. The molecular weight excluding hydrogens is 186 g/mol. The van der Waals surface area contributed by atoms with Gasteiger partial charge >= 0.3 is 5.97 Å². The topological polar surface area (TPSA) is 90.5 Å². The Morgan fingerprint density at radius 2 is 2.43 bits per heavy atom. The van der Waals surface area contributed by atoms with Crippen molar-refractivity contribution in [1.29, 1.82) is 0 Å². The van der Waals surface area contributed by atoms with Gasteiger partial charge in [-0.1, -0.05) is 0 Å². The van der Waals surface area contributed by atoms with Crippen LogP contribution < -0.4 is 16.0 Å². The third-order valence-corrected chi connectivity index (χ3v) is 1.79. The molecule has 1 heterocycles. The summed E-state index contributed by atoms with van der Waals surface area (Å²) in [5.41, 5.74) is 0.783. The third kappa shape index (κ3) is 2.96. The summed E-state index contributed by atoms with van der Waals surface area (Å²) in [6.07, 6.45) is 1.97. The van der Waals surface area contributed by atoms with Crippen molar-refractivity contribution in [1.82, 2.24) is 16.0 Å². The molecule has 0 fully saturated rings. The Bertz CT molecular complexity index is 275. The minimum Gasteiger partial charge on any atom is -0.480 e. The highest BCUT2D eigenvalue weighted by Crippen LogP contribution is 2.04. The van der Waals surface area contributed by atoms with Crippen LogP contribution in [0.5, 0.6) is 0 Å². The van der Waals surface area contributed by atoms with E-state index in [0.29, 0.717) is 6.67 Å². The van der Waals surface area contributed by atoms with E-state index >= 15 is 0 Å². The zero-order chi connectivity index (χ0) is 10.6. The smallest absolute Gasteiger partial charge is 0.326 e. The number of aliphatic carboxylic acids is 1. The van der Waals surface area contributed by atoms with Crippen LogP contribution in [0.25, 0.3) is 0 Å². The van der Waals surface area contributed by atoms with Gasteiger partial charge in [0.2, 0.25) is 5.91 Å². The van der Waals surface area contributed by atoms with Crippen LogP contribution in [0, 0.1) is 0 Å². The molecule has 0 aromatic carbocycles. The maximum absolute atomic E-state index is 10.7. The van der Waals surface area contributed by atoms with Crippen LogP contribution in [0.1, 0.15) is 13.3 Å². The average molecular weight is 199 g/mol. The van der Waals surface area contributed by atoms with Crippen molar-refractivity contribution in [2.75, 3.05) is 6.67 Å². The van der Waals surface area contributed by atoms with Gasteiger partial charge in [-0.25, -0.2) is 4.79 Å². The first-order valence-electron chi connectivity index (χ1n) is 4.26. The van der Waals surface area contributed by atoms with Crippen molar-refractivity contribution < 1.29 is 14.7 Å². The number of hydrogen-bond acceptors (Lipinski definition) is 4. The predicted octanol–water partition coefficient (Wildman–Crippen LogP) is -1.04. The van der Waals surface area contributed by atoms with Gasteiger partial charge in [0, 0.05) is 25.2 Å². The molecule has 0 aliphatic carbocycles. The molecule has 6 nitrogen and oxygen atoms in total. The molecule has 1 rings (SSSR count). The fourth-order valence-electron chi connectivity index (χ4n) is 1.19. The van der Waals surface area contributed by atoms with Crippen LogP contribution in [0.4, 0.5) is 0 Å². The van der Waals surface area contributed by atoms with E-state index in [2.05, 4.69) is 16.0 Å². The van der Waals surface area contributed by atoms with Gasteiger partial charge in [0.1, 0.15) is 6.04 Å². The Balaban J connectivity index is 2.50. The van der Waals surface area contributed by atoms with E-state index in [-0.39, 0.29) is 12.3 Å². The molecule has 1 amide bonds. The van der Waals surface area contributed by atoms with Crippen molar-refractivity contribution in [3.63, 3.8) is 0 Å². The number of amides is 1. The second-order valence-electron chi connectivity index (χ2n) is 3.02. The maximum Gasteiger partial charge on any atom is 0.326 e. The summed E-state index contributed by atoms with van der Waals surface area (Å²) in [4.78, 5) is 21.4. The summed E-state index contributed by atoms with van der Waals surface area (Å²) in [7, 11) is 0. The first-order chi connectivity index (χ1) is 6.59. The van der Waals surface area contributed by atoms with E-state index in [0.717, 1.165) is 5.70 Å². The SMILES string of the molecule is CC(=O)N[C@@H](CC1=CNCN1)C(=O)O. The first kappa shape index (κ1) is 10.4. The fraction of sp³-hybridized carbons (Fsp3) is 0.500. The number of carbonyl (C=O) groups excluding carboxylic acids is 1. The van der Waals surface area contributed by atoms with E-state index in [9.17, 15) is 9.59 Å². The van der Waals surface area contributed by atoms with Gasteiger partial charge in [0.05, 0.1) is 6.67 Å². The van der Waals surface area contributed by atoms with E-state index in [1.165, 1.54) is 6.92 Å². The van der Waals surface area contributed by atoms with Crippen molar-refractivity contribution in [2.45, 2.75) is 19.4 Å². The Morgan fingerprint density at radius 3 is 2.86 bits per heavy atom. The van der Waals surface area contributed by atoms with Gasteiger partial charge < -0.3 is 21.1 Å². The third-order valence-electron chi connectivity index (χ3n) is 1.79. The molecule has 0 spiro atoms. The van der Waals surface area contributed by atoms with Crippen LogP contribution in [0.2, 0.25) is 0 Å². The predicted molar refractivity (Wildman–Crippen MR) is 49.1 cm³/mol. The minimum atomic E-state index is -1.03. The lowest BCUT2D eigenvalue weighted by atomic mass is 10.1.